The molecule has 212 valence electrons. The number of ether oxygens (including phenoxy) is 2. The van der Waals surface area contributed by atoms with Crippen LogP contribution in [0.1, 0.15) is 71.1 Å². The van der Waals surface area contributed by atoms with Gasteiger partial charge in [0.2, 0.25) is 12.7 Å². The predicted octanol–water partition coefficient (Wildman–Crippen LogP) is 6.06. The van der Waals surface area contributed by atoms with Crippen molar-refractivity contribution in [2.75, 3.05) is 6.79 Å². The Bertz CT molecular complexity index is 1480. The first-order valence-electron chi connectivity index (χ1n) is 14.1. The number of rotatable bonds is 6. The number of Topliss-reactive ketones (excluding diaryl/α,β-unsaturated/α-hetero) is 1. The monoisotopic (exact) mass is 557 g/mol. The van der Waals surface area contributed by atoms with Gasteiger partial charge in [-0.15, -0.1) is 0 Å². The molecule has 3 aromatic rings. The lowest BCUT2D eigenvalue weighted by atomic mass is 9.76. The summed E-state index contributed by atoms with van der Waals surface area (Å²) in [6, 6.07) is 15.8. The van der Waals surface area contributed by atoms with Crippen molar-refractivity contribution < 1.29 is 33.4 Å². The second-order valence-corrected chi connectivity index (χ2v) is 11.3. The van der Waals surface area contributed by atoms with Crippen molar-refractivity contribution in [1.29, 1.82) is 0 Å². The van der Waals surface area contributed by atoms with E-state index in [4.69, 9.17) is 9.47 Å². The number of amides is 1. The smallest absolute Gasteiger partial charge is 0.327 e. The Balaban J connectivity index is 1.57. The molecule has 3 aromatic carbocycles. The molecule has 4 unspecified atom stereocenters. The number of hydrogen-bond donors (Lipinski definition) is 1. The van der Waals surface area contributed by atoms with Crippen LogP contribution in [-0.4, -0.2) is 40.5 Å². The Morgan fingerprint density at radius 1 is 0.878 bits per heavy atom. The number of halogens is 1. The number of carbonyl (C=O) groups excluding carboxylic acids is 2. The first-order chi connectivity index (χ1) is 19.8. The molecular weight excluding hydrogens is 525 g/mol. The Morgan fingerprint density at radius 3 is 2.29 bits per heavy atom. The second kappa shape index (κ2) is 11.0. The highest BCUT2D eigenvalue weighted by Crippen LogP contribution is 2.53. The van der Waals surface area contributed by atoms with Crippen molar-refractivity contribution in [1.82, 2.24) is 4.90 Å². The van der Waals surface area contributed by atoms with Crippen LogP contribution < -0.4 is 9.47 Å². The number of aryl methyl sites for hydroxylation is 1. The van der Waals surface area contributed by atoms with E-state index in [-0.39, 0.29) is 24.4 Å². The number of fused-ring (bicyclic) bond motifs is 1. The summed E-state index contributed by atoms with van der Waals surface area (Å²) in [5, 5.41) is 10.7. The quantitative estimate of drug-likeness (QED) is 0.370. The molecule has 0 aromatic heterocycles. The van der Waals surface area contributed by atoms with E-state index in [0.717, 1.165) is 24.8 Å². The molecule has 41 heavy (non-hydrogen) atoms. The molecule has 1 saturated heterocycles. The van der Waals surface area contributed by atoms with Gasteiger partial charge in [0, 0.05) is 17.4 Å². The molecule has 4 atom stereocenters. The molecule has 2 fully saturated rings. The summed E-state index contributed by atoms with van der Waals surface area (Å²) in [4.78, 5) is 43.5. The van der Waals surface area contributed by atoms with Gasteiger partial charge < -0.3 is 19.5 Å². The Kier molecular flexibility index (Phi) is 7.24. The molecule has 1 aliphatic carbocycles. The van der Waals surface area contributed by atoms with Crippen LogP contribution in [0.3, 0.4) is 0 Å². The topological polar surface area (TPSA) is 93.1 Å². The Morgan fingerprint density at radius 2 is 1.59 bits per heavy atom. The minimum Gasteiger partial charge on any atom is -0.480 e. The minimum absolute atomic E-state index is 0.0514. The maximum absolute atomic E-state index is 14.5. The van der Waals surface area contributed by atoms with Crippen molar-refractivity contribution in [2.24, 2.45) is 11.8 Å². The average Bonchev–Trinajstić information content (AvgIpc) is 3.60. The SMILES string of the molecule is Cc1cccc(C(=O)C2C(c3ccc(F)cc3)C(C(=O)O)N(C(=O)C3CCCCC3)C2c2ccc3c(c2)OCO3)c1. The third kappa shape index (κ3) is 4.96. The van der Waals surface area contributed by atoms with Gasteiger partial charge in [-0.3, -0.25) is 9.59 Å². The number of benzene rings is 3. The van der Waals surface area contributed by atoms with Gasteiger partial charge >= 0.3 is 5.97 Å². The summed E-state index contributed by atoms with van der Waals surface area (Å²) in [7, 11) is 0. The number of hydrogen-bond acceptors (Lipinski definition) is 5. The number of carbonyl (C=O) groups is 3. The fraction of sp³-hybridized carbons (Fsp3) is 0.364. The van der Waals surface area contributed by atoms with Crippen LogP contribution in [0.25, 0.3) is 0 Å². The van der Waals surface area contributed by atoms with E-state index < -0.39 is 35.7 Å². The zero-order valence-electron chi connectivity index (χ0n) is 22.8. The number of likely N-dealkylation sites (tertiary alicyclic amines) is 1. The lowest BCUT2D eigenvalue weighted by Gasteiger charge is -2.34. The molecule has 6 rings (SSSR count). The molecule has 2 aliphatic heterocycles. The summed E-state index contributed by atoms with van der Waals surface area (Å²) in [5.41, 5.74) is 2.41. The van der Waals surface area contributed by atoms with Crippen LogP contribution in [-0.2, 0) is 9.59 Å². The van der Waals surface area contributed by atoms with E-state index in [9.17, 15) is 23.9 Å². The fourth-order valence-corrected chi connectivity index (χ4v) is 6.86. The Hall–Kier alpha value is -4.20. The van der Waals surface area contributed by atoms with Crippen molar-refractivity contribution in [3.63, 3.8) is 0 Å². The van der Waals surface area contributed by atoms with Crippen molar-refractivity contribution in [3.8, 4) is 11.5 Å². The van der Waals surface area contributed by atoms with Crippen molar-refractivity contribution in [2.45, 2.75) is 57.0 Å². The number of nitrogens with zero attached hydrogens (tertiary/aromatic N) is 1. The summed E-state index contributed by atoms with van der Waals surface area (Å²) < 4.78 is 25.2. The maximum Gasteiger partial charge on any atom is 0.327 e. The molecule has 0 bridgehead atoms. The largest absolute Gasteiger partial charge is 0.480 e. The van der Waals surface area contributed by atoms with Gasteiger partial charge in [0.05, 0.1) is 12.0 Å². The van der Waals surface area contributed by atoms with E-state index >= 15 is 0 Å². The van der Waals surface area contributed by atoms with Crippen LogP contribution in [0, 0.1) is 24.6 Å². The molecule has 7 nitrogen and oxygen atoms in total. The fourth-order valence-electron chi connectivity index (χ4n) is 6.86. The molecule has 3 aliphatic rings. The van der Waals surface area contributed by atoms with E-state index in [0.29, 0.717) is 41.0 Å². The van der Waals surface area contributed by atoms with Gasteiger partial charge in [-0.2, -0.15) is 0 Å². The van der Waals surface area contributed by atoms with Crippen LogP contribution in [0.15, 0.2) is 66.7 Å². The lowest BCUT2D eigenvalue weighted by molar-refractivity contribution is -0.152. The molecule has 0 spiro atoms. The first-order valence-corrected chi connectivity index (χ1v) is 14.1. The molecule has 2 heterocycles. The normalized spacial score (nSPS) is 23.9. The number of carboxylic acids is 1. The summed E-state index contributed by atoms with van der Waals surface area (Å²) in [6.07, 6.45) is 4.16. The van der Waals surface area contributed by atoms with Gasteiger partial charge in [-0.05, 0) is 61.2 Å². The van der Waals surface area contributed by atoms with Crippen molar-refractivity contribution in [3.05, 3.63) is 94.8 Å². The molecular formula is C33H32FNO6. The average molecular weight is 558 g/mol. The van der Waals surface area contributed by atoms with E-state index in [1.165, 1.54) is 29.2 Å². The molecule has 8 heteroatoms. The van der Waals surface area contributed by atoms with Gasteiger partial charge in [0.25, 0.3) is 0 Å². The van der Waals surface area contributed by atoms with Gasteiger partial charge in [-0.25, -0.2) is 9.18 Å². The predicted molar refractivity (Wildman–Crippen MR) is 148 cm³/mol. The van der Waals surface area contributed by atoms with Crippen LogP contribution in [0.5, 0.6) is 11.5 Å². The lowest BCUT2D eigenvalue weighted by Crippen LogP contribution is -2.46. The standard InChI is InChI=1S/C33H32FNO6/c1-19-6-5-9-23(16-19)31(36)28-27(20-10-13-24(34)14-11-20)30(33(38)39)35(32(37)21-7-3-2-4-8-21)29(28)22-12-15-25-26(17-22)41-18-40-25/h5-6,9-17,21,27-30H,2-4,7-8,18H2,1H3,(H,38,39). The minimum atomic E-state index is -1.33. The van der Waals surface area contributed by atoms with Gasteiger partial charge in [0.15, 0.2) is 17.3 Å². The summed E-state index contributed by atoms with van der Waals surface area (Å²) in [5.74, 6) is -3.36. The number of carboxylic acid groups (broad SMARTS) is 1. The maximum atomic E-state index is 14.5. The molecule has 0 radical (unpaired) electrons. The van der Waals surface area contributed by atoms with Crippen LogP contribution >= 0.6 is 0 Å². The molecule has 1 N–H and O–H groups in total. The molecule has 1 amide bonds. The van der Waals surface area contributed by atoms with Crippen LogP contribution in [0.2, 0.25) is 0 Å². The third-order valence-electron chi connectivity index (χ3n) is 8.73. The van der Waals surface area contributed by atoms with Crippen molar-refractivity contribution >= 4 is 17.7 Å². The van der Waals surface area contributed by atoms with Gasteiger partial charge in [0.1, 0.15) is 11.9 Å². The first kappa shape index (κ1) is 27.0. The zero-order valence-corrected chi connectivity index (χ0v) is 22.8. The molecule has 1 saturated carbocycles. The highest BCUT2D eigenvalue weighted by Gasteiger charge is 2.58. The van der Waals surface area contributed by atoms with E-state index in [1.807, 2.05) is 13.0 Å². The highest BCUT2D eigenvalue weighted by atomic mass is 19.1. The zero-order chi connectivity index (χ0) is 28.7. The summed E-state index contributed by atoms with van der Waals surface area (Å²) in [6.45, 7) is 1.94. The number of ketones is 1. The van der Waals surface area contributed by atoms with E-state index in [2.05, 4.69) is 0 Å². The third-order valence-corrected chi connectivity index (χ3v) is 8.73. The Labute approximate surface area is 237 Å². The van der Waals surface area contributed by atoms with Gasteiger partial charge in [-0.1, -0.05) is 61.2 Å². The highest BCUT2D eigenvalue weighted by molar-refractivity contribution is 6.01. The summed E-state index contributed by atoms with van der Waals surface area (Å²) >= 11 is 0. The van der Waals surface area contributed by atoms with Crippen LogP contribution in [0.4, 0.5) is 4.39 Å². The van der Waals surface area contributed by atoms with E-state index in [1.54, 1.807) is 36.4 Å². The number of aliphatic carboxylic acids is 1. The second-order valence-electron chi connectivity index (χ2n) is 11.3.